The van der Waals surface area contributed by atoms with E-state index in [1.807, 2.05) is 0 Å². The zero-order valence-electron chi connectivity index (χ0n) is 32.6. The SMILES string of the molecule is Cc1cn(C[C@H]2O[C@@H](OCn3cc(C[C@@H]4O[C@H](OCc5cn(C[C@@H]6O[C@](CCl)(O[C@H]7O[C@@H](CO)[C@@H](Cl)[C@@H](Cl)[C@@H]7O)[C@H](O)[C@@H]6O)nn5)[C@H](O)[C@H](O)[C@@H]4O)nn3)[C@@H](O)[C@@H](O)[C@H]2O)nn1. The van der Waals surface area contributed by atoms with Crippen LogP contribution in [-0.4, -0.2) is 223 Å². The van der Waals surface area contributed by atoms with Crippen molar-refractivity contribution in [1.82, 2.24) is 45.0 Å². The molecule has 0 spiro atoms. The van der Waals surface area contributed by atoms with E-state index in [9.17, 15) is 51.1 Å². The molecule has 4 aliphatic rings. The van der Waals surface area contributed by atoms with Crippen LogP contribution in [0.4, 0.5) is 0 Å². The van der Waals surface area contributed by atoms with Gasteiger partial charge in [-0.3, -0.25) is 0 Å². The van der Waals surface area contributed by atoms with Crippen LogP contribution < -0.4 is 0 Å². The molecular formula is C33H48Cl3N9O17. The number of hydrogen-bond acceptors (Lipinski definition) is 23. The standard InChI is InChI=1S/C33H48Cl3N9O17/c1-12-3-43(40-37-12)6-16-22(48)26(52)28(54)31(59-16)57-11-45-4-13(38-42-45)2-15-21(47)25(51)27(53)30(58-15)56-9-14-5-44(41-39-14)7-17-23(49)29(55)33(10-34,61-17)62-32-24(50)20(36)19(35)18(8-46)60-32/h3-5,15-32,46-55H,2,6-11H2,1H3/t15-,16+,17-,18-,19+,20+,21+,22-,23+,24-,25+,26-,27+,28-,29+,30-,31+,32+,33+/m0/s1. The van der Waals surface area contributed by atoms with Crippen LogP contribution in [0.15, 0.2) is 18.6 Å². The van der Waals surface area contributed by atoms with E-state index < -0.39 is 127 Å². The van der Waals surface area contributed by atoms with Crippen LogP contribution in [0.3, 0.4) is 0 Å². The Hall–Kier alpha value is -2.39. The molecule has 0 aromatic carbocycles. The van der Waals surface area contributed by atoms with Gasteiger partial charge >= 0.3 is 0 Å². The second-order valence-corrected chi connectivity index (χ2v) is 16.6. The van der Waals surface area contributed by atoms with Crippen molar-refractivity contribution < 1.29 is 84.2 Å². The van der Waals surface area contributed by atoms with Crippen LogP contribution in [-0.2, 0) is 66.0 Å². The predicted molar refractivity (Wildman–Crippen MR) is 200 cm³/mol. The van der Waals surface area contributed by atoms with Crippen LogP contribution in [0.25, 0.3) is 0 Å². The summed E-state index contributed by atoms with van der Waals surface area (Å²) in [5, 5.41) is 127. The summed E-state index contributed by atoms with van der Waals surface area (Å²) in [6.45, 7) is 0.344. The fourth-order valence-electron chi connectivity index (χ4n) is 7.35. The molecule has 29 heteroatoms. The van der Waals surface area contributed by atoms with Crippen LogP contribution in [0, 0.1) is 6.92 Å². The van der Waals surface area contributed by atoms with E-state index in [2.05, 4.69) is 30.9 Å². The molecule has 19 atom stereocenters. The first kappa shape index (κ1) is 47.6. The first-order valence-electron chi connectivity index (χ1n) is 19.3. The first-order valence-corrected chi connectivity index (χ1v) is 20.7. The average molecular weight is 949 g/mol. The molecule has 0 aliphatic carbocycles. The Kier molecular flexibility index (Phi) is 15.3. The highest BCUT2D eigenvalue weighted by Gasteiger charge is 2.58. The number of ether oxygens (including phenoxy) is 7. The maximum Gasteiger partial charge on any atom is 0.214 e. The minimum atomic E-state index is -2.09. The van der Waals surface area contributed by atoms with Crippen molar-refractivity contribution in [3.05, 3.63) is 35.7 Å². The minimum absolute atomic E-state index is 0.0135. The number of nitrogens with zero attached hydrogens (tertiary/aromatic N) is 9. The second-order valence-electron chi connectivity index (χ2n) is 15.4. The molecule has 26 nitrogen and oxygen atoms in total. The number of aryl methyl sites for hydroxylation is 1. The molecule has 4 aliphatic heterocycles. The largest absolute Gasteiger partial charge is 0.394 e. The quantitative estimate of drug-likeness (QED) is 0.0598. The normalized spacial score (nSPS) is 41.5. The number of halogens is 3. The molecule has 0 amide bonds. The molecule has 3 aromatic heterocycles. The average Bonchev–Trinajstić information content (AvgIpc) is 4.06. The number of alkyl halides is 3. The third-order valence-corrected chi connectivity index (χ3v) is 12.4. The number of aromatic nitrogens is 9. The number of hydrogen-bond donors (Lipinski definition) is 10. The van der Waals surface area contributed by atoms with Crippen LogP contribution >= 0.6 is 34.8 Å². The van der Waals surface area contributed by atoms with Crippen LogP contribution in [0.5, 0.6) is 0 Å². The smallest absolute Gasteiger partial charge is 0.214 e. The third kappa shape index (κ3) is 10.0. The van der Waals surface area contributed by atoms with Gasteiger partial charge in [-0.25, -0.2) is 14.0 Å². The molecule has 62 heavy (non-hydrogen) atoms. The fourth-order valence-corrected chi connectivity index (χ4v) is 8.20. The lowest BCUT2D eigenvalue weighted by atomic mass is 9.96. The van der Waals surface area contributed by atoms with E-state index in [1.165, 1.54) is 26.4 Å². The maximum atomic E-state index is 11.0. The summed E-state index contributed by atoms with van der Waals surface area (Å²) in [5.74, 6) is -2.62. The highest BCUT2D eigenvalue weighted by molar-refractivity contribution is 6.30. The van der Waals surface area contributed by atoms with E-state index in [0.29, 0.717) is 5.69 Å². The van der Waals surface area contributed by atoms with Crippen molar-refractivity contribution in [2.24, 2.45) is 0 Å². The monoisotopic (exact) mass is 947 g/mol. The molecular weight excluding hydrogens is 901 g/mol. The Balaban J connectivity index is 0.906. The van der Waals surface area contributed by atoms with Gasteiger partial charge < -0.3 is 84.2 Å². The van der Waals surface area contributed by atoms with Gasteiger partial charge in [-0.1, -0.05) is 15.6 Å². The van der Waals surface area contributed by atoms with Crippen LogP contribution in [0.2, 0.25) is 0 Å². The summed E-state index contributed by atoms with van der Waals surface area (Å²) in [6.07, 6.45) is -18.9. The number of rotatable bonds is 16. The topological polar surface area (TPSA) is 359 Å². The van der Waals surface area contributed by atoms with Crippen molar-refractivity contribution in [3.8, 4) is 0 Å². The molecule has 0 unspecified atom stereocenters. The molecule has 0 saturated carbocycles. The Morgan fingerprint density at radius 3 is 1.89 bits per heavy atom. The van der Waals surface area contributed by atoms with Gasteiger partial charge in [-0.2, -0.15) is 0 Å². The maximum absolute atomic E-state index is 11.0. The number of aliphatic hydroxyl groups excluding tert-OH is 10. The highest BCUT2D eigenvalue weighted by atomic mass is 35.5. The lowest BCUT2D eigenvalue weighted by molar-refractivity contribution is -0.348. The molecule has 10 N–H and O–H groups in total. The van der Waals surface area contributed by atoms with Crippen molar-refractivity contribution >= 4 is 34.8 Å². The zero-order chi connectivity index (χ0) is 44.6. The van der Waals surface area contributed by atoms with E-state index in [0.717, 1.165) is 0 Å². The van der Waals surface area contributed by atoms with Gasteiger partial charge in [0.2, 0.25) is 5.79 Å². The van der Waals surface area contributed by atoms with Gasteiger partial charge in [0.05, 0.1) is 72.8 Å². The molecule has 4 saturated heterocycles. The Labute approximate surface area is 365 Å². The first-order chi connectivity index (χ1) is 29.5. The van der Waals surface area contributed by atoms with Crippen molar-refractivity contribution in [1.29, 1.82) is 0 Å². The summed E-state index contributed by atoms with van der Waals surface area (Å²) in [7, 11) is 0. The van der Waals surface area contributed by atoms with E-state index in [1.54, 1.807) is 13.1 Å². The summed E-state index contributed by atoms with van der Waals surface area (Å²) in [5.41, 5.74) is 1.08. The Bertz CT molecular complexity index is 1900. The lowest BCUT2D eigenvalue weighted by Crippen LogP contribution is -2.59. The third-order valence-electron chi connectivity index (χ3n) is 10.8. The molecule has 348 valence electrons. The highest BCUT2D eigenvalue weighted by Crippen LogP contribution is 2.39. The lowest BCUT2D eigenvalue weighted by Gasteiger charge is -2.43. The van der Waals surface area contributed by atoms with Crippen molar-refractivity contribution in [2.75, 3.05) is 12.5 Å². The summed E-state index contributed by atoms with van der Waals surface area (Å²) >= 11 is 18.5. The molecule has 7 heterocycles. The van der Waals surface area contributed by atoms with Gasteiger partial charge in [0.15, 0.2) is 18.9 Å². The van der Waals surface area contributed by atoms with Gasteiger partial charge in [-0.15, -0.1) is 50.1 Å². The van der Waals surface area contributed by atoms with Crippen molar-refractivity contribution in [3.63, 3.8) is 0 Å². The molecule has 3 aromatic rings. The number of aliphatic hydroxyl groups is 10. The molecule has 7 rings (SSSR count). The zero-order valence-corrected chi connectivity index (χ0v) is 34.8. The van der Waals surface area contributed by atoms with Gasteiger partial charge in [-0.05, 0) is 6.92 Å². The summed E-state index contributed by atoms with van der Waals surface area (Å²) in [4.78, 5) is 0. The fraction of sp³-hybridized carbons (Fsp3) is 0.818. The Morgan fingerprint density at radius 1 is 0.629 bits per heavy atom. The summed E-state index contributed by atoms with van der Waals surface area (Å²) < 4.78 is 44.0. The van der Waals surface area contributed by atoms with Crippen LogP contribution in [0.1, 0.15) is 17.1 Å². The predicted octanol–water partition coefficient (Wildman–Crippen LogP) is -5.82. The molecule has 0 radical (unpaired) electrons. The second kappa shape index (κ2) is 20.0. The minimum Gasteiger partial charge on any atom is -0.394 e. The van der Waals surface area contributed by atoms with Gasteiger partial charge in [0.1, 0.15) is 85.7 Å². The van der Waals surface area contributed by atoms with Crippen molar-refractivity contribution in [2.45, 2.75) is 155 Å². The van der Waals surface area contributed by atoms with Gasteiger partial charge in [0, 0.05) is 12.6 Å². The summed E-state index contributed by atoms with van der Waals surface area (Å²) in [6, 6.07) is 0. The van der Waals surface area contributed by atoms with E-state index in [4.69, 9.17) is 68.0 Å². The van der Waals surface area contributed by atoms with Gasteiger partial charge in [0.25, 0.3) is 0 Å². The molecule has 4 fully saturated rings. The molecule has 0 bridgehead atoms. The Morgan fingerprint density at radius 2 is 1.21 bits per heavy atom. The van der Waals surface area contributed by atoms with E-state index in [-0.39, 0.29) is 44.2 Å². The van der Waals surface area contributed by atoms with E-state index >= 15 is 0 Å².